The molecule has 0 aliphatic carbocycles. The lowest BCUT2D eigenvalue weighted by Gasteiger charge is -2.11. The molecule has 0 aliphatic rings. The van der Waals surface area contributed by atoms with Gasteiger partial charge in [0.15, 0.2) is 0 Å². The molecule has 1 N–H and O–H groups in total. The number of carbonyl (C=O) groups excluding carboxylic acids is 1. The molecule has 20 heavy (non-hydrogen) atoms. The van der Waals surface area contributed by atoms with Crippen LogP contribution in [0, 0.1) is 6.07 Å². The number of likely N-dealkylation sites (N-methyl/N-ethyl adjacent to an activating group) is 1. The summed E-state index contributed by atoms with van der Waals surface area (Å²) in [6.45, 7) is 1.48. The van der Waals surface area contributed by atoms with Crippen LogP contribution in [-0.2, 0) is 0 Å². The highest BCUT2D eigenvalue weighted by atomic mass is 16.1. The first-order valence-electron chi connectivity index (χ1n) is 6.66. The van der Waals surface area contributed by atoms with Crippen molar-refractivity contribution in [3.05, 3.63) is 60.2 Å². The normalized spacial score (nSPS) is 10.6. The Morgan fingerprint density at radius 3 is 2.60 bits per heavy atom. The number of nitrogens with one attached hydrogen (secondary N) is 1. The van der Waals surface area contributed by atoms with Crippen molar-refractivity contribution in [2.45, 2.75) is 0 Å². The van der Waals surface area contributed by atoms with Gasteiger partial charge in [0.05, 0.1) is 0 Å². The quantitative estimate of drug-likeness (QED) is 0.902. The van der Waals surface area contributed by atoms with Crippen molar-refractivity contribution in [2.75, 3.05) is 27.2 Å². The van der Waals surface area contributed by atoms with Crippen LogP contribution in [0.4, 0.5) is 0 Å². The largest absolute Gasteiger partial charge is 0.351 e. The summed E-state index contributed by atoms with van der Waals surface area (Å²) in [6, 6.07) is 18.4. The number of hydrogen-bond donors (Lipinski definition) is 1. The molecule has 0 spiro atoms. The van der Waals surface area contributed by atoms with Gasteiger partial charge >= 0.3 is 0 Å². The van der Waals surface area contributed by atoms with Crippen LogP contribution in [-0.4, -0.2) is 38.0 Å². The number of hydrogen-bond acceptors (Lipinski definition) is 2. The van der Waals surface area contributed by atoms with Crippen LogP contribution < -0.4 is 5.32 Å². The zero-order valence-corrected chi connectivity index (χ0v) is 11.9. The highest BCUT2D eigenvalue weighted by molar-refractivity contribution is 5.95. The van der Waals surface area contributed by atoms with Crippen LogP contribution in [0.5, 0.6) is 0 Å². The lowest BCUT2D eigenvalue weighted by Crippen LogP contribution is -2.31. The van der Waals surface area contributed by atoms with Gasteiger partial charge in [-0.15, -0.1) is 0 Å². The van der Waals surface area contributed by atoms with Gasteiger partial charge in [0, 0.05) is 18.7 Å². The molecule has 0 aromatic heterocycles. The number of nitrogens with zero attached hydrogens (tertiary/aromatic N) is 1. The van der Waals surface area contributed by atoms with Crippen LogP contribution >= 0.6 is 0 Å². The maximum atomic E-state index is 12.1. The summed E-state index contributed by atoms with van der Waals surface area (Å²) in [5, 5.41) is 2.92. The maximum Gasteiger partial charge on any atom is 0.251 e. The fraction of sp³-hybridized carbons (Fsp3) is 0.235. The number of carbonyl (C=O) groups is 1. The maximum absolute atomic E-state index is 12.1. The summed E-state index contributed by atoms with van der Waals surface area (Å²) in [7, 11) is 3.97. The van der Waals surface area contributed by atoms with Crippen molar-refractivity contribution in [2.24, 2.45) is 0 Å². The van der Waals surface area contributed by atoms with E-state index in [1.54, 1.807) is 0 Å². The van der Waals surface area contributed by atoms with E-state index in [9.17, 15) is 4.79 Å². The average molecular weight is 267 g/mol. The van der Waals surface area contributed by atoms with Gasteiger partial charge in [0.1, 0.15) is 0 Å². The monoisotopic (exact) mass is 267 g/mol. The predicted octanol–water partition coefficient (Wildman–Crippen LogP) is 2.45. The average Bonchev–Trinajstić information content (AvgIpc) is 2.48. The molecule has 1 amide bonds. The van der Waals surface area contributed by atoms with Gasteiger partial charge in [-0.3, -0.25) is 4.79 Å². The zero-order valence-electron chi connectivity index (χ0n) is 11.9. The fourth-order valence-corrected chi connectivity index (χ4v) is 1.91. The molecule has 0 bridgehead atoms. The summed E-state index contributed by atoms with van der Waals surface area (Å²) in [5.41, 5.74) is 2.82. The Hall–Kier alpha value is -2.13. The summed E-state index contributed by atoms with van der Waals surface area (Å²) in [5.74, 6) is -0.0313. The van der Waals surface area contributed by atoms with Crippen molar-refractivity contribution < 1.29 is 4.79 Å². The minimum absolute atomic E-state index is 0.0313. The second-order valence-corrected chi connectivity index (χ2v) is 4.93. The first kappa shape index (κ1) is 14.3. The topological polar surface area (TPSA) is 32.3 Å². The molecule has 2 rings (SSSR count). The number of benzene rings is 2. The molecule has 1 radical (unpaired) electrons. The molecule has 0 aliphatic heterocycles. The molecule has 0 unspecified atom stereocenters. The lowest BCUT2D eigenvalue weighted by molar-refractivity contribution is 0.0951. The molecule has 0 atom stereocenters. The van der Waals surface area contributed by atoms with E-state index in [0.29, 0.717) is 12.1 Å². The third-order valence-electron chi connectivity index (χ3n) is 3.02. The van der Waals surface area contributed by atoms with Crippen molar-refractivity contribution in [1.82, 2.24) is 10.2 Å². The smallest absolute Gasteiger partial charge is 0.251 e. The van der Waals surface area contributed by atoms with Gasteiger partial charge in [0.2, 0.25) is 0 Å². The van der Waals surface area contributed by atoms with E-state index in [0.717, 1.165) is 17.7 Å². The van der Waals surface area contributed by atoms with Gasteiger partial charge in [-0.2, -0.15) is 0 Å². The van der Waals surface area contributed by atoms with E-state index in [-0.39, 0.29) is 5.91 Å². The van der Waals surface area contributed by atoms with E-state index in [1.165, 1.54) is 0 Å². The number of amides is 1. The van der Waals surface area contributed by atoms with E-state index in [1.807, 2.05) is 67.5 Å². The van der Waals surface area contributed by atoms with E-state index in [2.05, 4.69) is 11.4 Å². The fourth-order valence-electron chi connectivity index (χ4n) is 1.91. The Morgan fingerprint density at radius 1 is 1.15 bits per heavy atom. The molecular formula is C17H19N2O. The van der Waals surface area contributed by atoms with E-state index in [4.69, 9.17) is 0 Å². The van der Waals surface area contributed by atoms with Gasteiger partial charge in [-0.05, 0) is 43.4 Å². The van der Waals surface area contributed by atoms with Crippen molar-refractivity contribution in [3.8, 4) is 11.1 Å². The Balaban J connectivity index is 2.08. The zero-order chi connectivity index (χ0) is 14.4. The second kappa shape index (κ2) is 6.87. The standard InChI is InChI=1S/C17H19N2O/c1-19(2)12-11-18-17(20)16-10-6-9-15(13-16)14-7-4-3-5-8-14/h4-10,13H,11-12H2,1-2H3,(H,18,20). The summed E-state index contributed by atoms with van der Waals surface area (Å²) in [4.78, 5) is 14.1. The van der Waals surface area contributed by atoms with Crippen molar-refractivity contribution >= 4 is 5.91 Å². The van der Waals surface area contributed by atoms with Crippen LogP contribution in [0.15, 0.2) is 48.5 Å². The van der Waals surface area contributed by atoms with Gasteiger partial charge in [-0.25, -0.2) is 0 Å². The minimum atomic E-state index is -0.0313. The minimum Gasteiger partial charge on any atom is -0.351 e. The Labute approximate surface area is 120 Å². The summed E-state index contributed by atoms with van der Waals surface area (Å²) >= 11 is 0. The molecule has 0 fully saturated rings. The first-order chi connectivity index (χ1) is 9.66. The van der Waals surface area contributed by atoms with Crippen LogP contribution in [0.1, 0.15) is 10.4 Å². The molecule has 0 heterocycles. The second-order valence-electron chi connectivity index (χ2n) is 4.93. The Bertz CT molecular complexity index is 564. The third-order valence-corrected chi connectivity index (χ3v) is 3.02. The number of rotatable bonds is 5. The van der Waals surface area contributed by atoms with Crippen molar-refractivity contribution in [1.29, 1.82) is 0 Å². The van der Waals surface area contributed by atoms with E-state index >= 15 is 0 Å². The van der Waals surface area contributed by atoms with Crippen LogP contribution in [0.25, 0.3) is 11.1 Å². The summed E-state index contributed by atoms with van der Waals surface area (Å²) < 4.78 is 0. The lowest BCUT2D eigenvalue weighted by atomic mass is 10.0. The predicted molar refractivity (Wildman–Crippen MR) is 81.6 cm³/mol. The van der Waals surface area contributed by atoms with E-state index < -0.39 is 0 Å². The third kappa shape index (κ3) is 3.93. The van der Waals surface area contributed by atoms with Crippen molar-refractivity contribution in [3.63, 3.8) is 0 Å². The van der Waals surface area contributed by atoms with Crippen LogP contribution in [0.2, 0.25) is 0 Å². The Morgan fingerprint density at radius 2 is 1.90 bits per heavy atom. The molecular weight excluding hydrogens is 248 g/mol. The molecule has 0 saturated carbocycles. The van der Waals surface area contributed by atoms with Gasteiger partial charge < -0.3 is 10.2 Å². The summed E-state index contributed by atoms with van der Waals surface area (Å²) in [6.07, 6.45) is 0. The molecule has 0 saturated heterocycles. The highest BCUT2D eigenvalue weighted by Crippen LogP contribution is 2.19. The van der Waals surface area contributed by atoms with Gasteiger partial charge in [-0.1, -0.05) is 36.4 Å². The molecule has 103 valence electrons. The van der Waals surface area contributed by atoms with Gasteiger partial charge in [0.25, 0.3) is 5.91 Å². The Kier molecular flexibility index (Phi) is 4.91. The highest BCUT2D eigenvalue weighted by Gasteiger charge is 2.06. The molecule has 2 aromatic rings. The van der Waals surface area contributed by atoms with Crippen LogP contribution in [0.3, 0.4) is 0 Å². The molecule has 2 aromatic carbocycles. The molecule has 3 nitrogen and oxygen atoms in total. The molecule has 3 heteroatoms. The SMILES string of the molecule is CN(C)CCNC(=O)c1cccc(-c2cc[c]cc2)c1. The first-order valence-corrected chi connectivity index (χ1v) is 6.66.